The third kappa shape index (κ3) is 2.69. The molecule has 1 aliphatic carbocycles. The van der Waals surface area contributed by atoms with Crippen LogP contribution in [0.4, 0.5) is 5.69 Å². The molecule has 2 nitrogen and oxygen atoms in total. The number of hydrogen-bond donors (Lipinski definition) is 0. The minimum Gasteiger partial charge on any atom is -0.495 e. The summed E-state index contributed by atoms with van der Waals surface area (Å²) in [5, 5.41) is 0. The molecule has 1 aliphatic heterocycles. The molecule has 1 fully saturated rings. The fourth-order valence-corrected chi connectivity index (χ4v) is 2.85. The maximum atomic E-state index is 6.07. The first-order chi connectivity index (χ1) is 8.92. The zero-order valence-electron chi connectivity index (χ0n) is 10.8. The molecule has 1 saturated carbocycles. The molecule has 1 heterocycles. The van der Waals surface area contributed by atoms with Crippen LogP contribution in [0.3, 0.4) is 0 Å². The molecule has 0 amide bonds. The van der Waals surface area contributed by atoms with Gasteiger partial charge in [0, 0.05) is 25.2 Å². The van der Waals surface area contributed by atoms with Crippen LogP contribution in [0.1, 0.15) is 32.1 Å². The van der Waals surface area contributed by atoms with Gasteiger partial charge in [-0.25, -0.2) is 0 Å². The lowest BCUT2D eigenvalue weighted by molar-refractivity contribution is 0.113. The van der Waals surface area contributed by atoms with Crippen molar-refractivity contribution in [1.29, 1.82) is 0 Å². The van der Waals surface area contributed by atoms with Crippen LogP contribution in [0.5, 0.6) is 0 Å². The number of ether oxygens (including phenoxy) is 1. The summed E-state index contributed by atoms with van der Waals surface area (Å²) in [6.07, 6.45) is 8.99. The van der Waals surface area contributed by atoms with Crippen molar-refractivity contribution in [2.45, 2.75) is 38.2 Å². The van der Waals surface area contributed by atoms with Crippen molar-refractivity contribution in [1.82, 2.24) is 0 Å². The molecular weight excluding hydrogens is 222 g/mol. The van der Waals surface area contributed by atoms with E-state index in [1.807, 2.05) is 0 Å². The van der Waals surface area contributed by atoms with Crippen LogP contribution in [-0.2, 0) is 4.74 Å². The highest BCUT2D eigenvalue weighted by atomic mass is 16.5. The molecule has 0 atom stereocenters. The molecule has 0 saturated heterocycles. The van der Waals surface area contributed by atoms with E-state index in [9.17, 15) is 0 Å². The molecule has 0 spiro atoms. The first-order valence-electron chi connectivity index (χ1n) is 7.07. The number of para-hydroxylation sites is 1. The number of hydrogen-bond acceptors (Lipinski definition) is 2. The first-order valence-corrected chi connectivity index (χ1v) is 7.07. The summed E-state index contributed by atoms with van der Waals surface area (Å²) in [4.78, 5) is 2.40. The van der Waals surface area contributed by atoms with E-state index < -0.39 is 0 Å². The van der Waals surface area contributed by atoms with Crippen LogP contribution in [0, 0.1) is 0 Å². The van der Waals surface area contributed by atoms with E-state index in [1.165, 1.54) is 37.1 Å². The van der Waals surface area contributed by atoms with Gasteiger partial charge < -0.3 is 9.64 Å². The van der Waals surface area contributed by atoms with Crippen molar-refractivity contribution in [3.63, 3.8) is 0 Å². The van der Waals surface area contributed by atoms with Crippen LogP contribution >= 0.6 is 0 Å². The van der Waals surface area contributed by atoms with Gasteiger partial charge in [-0.2, -0.15) is 0 Å². The molecule has 96 valence electrons. The van der Waals surface area contributed by atoms with E-state index in [1.54, 1.807) is 0 Å². The van der Waals surface area contributed by atoms with Crippen LogP contribution in [0.15, 0.2) is 42.2 Å². The SMILES string of the molecule is C1=C(OC2CCCC2)CCN(c2ccccc2)C1. The lowest BCUT2D eigenvalue weighted by Crippen LogP contribution is -2.29. The van der Waals surface area contributed by atoms with Crippen molar-refractivity contribution in [3.8, 4) is 0 Å². The number of nitrogens with zero attached hydrogens (tertiary/aromatic N) is 1. The van der Waals surface area contributed by atoms with Gasteiger partial charge in [-0.3, -0.25) is 0 Å². The third-order valence-corrected chi connectivity index (χ3v) is 3.91. The van der Waals surface area contributed by atoms with Crippen molar-refractivity contribution in [3.05, 3.63) is 42.2 Å². The smallest absolute Gasteiger partial charge is 0.0982 e. The number of benzene rings is 1. The predicted molar refractivity (Wildman–Crippen MR) is 74.7 cm³/mol. The molecule has 0 aromatic heterocycles. The van der Waals surface area contributed by atoms with Crippen molar-refractivity contribution in [2.24, 2.45) is 0 Å². The summed E-state index contributed by atoms with van der Waals surface area (Å²) in [5.74, 6) is 1.22. The topological polar surface area (TPSA) is 12.5 Å². The normalized spacial score (nSPS) is 20.9. The minimum absolute atomic E-state index is 0.500. The molecule has 0 radical (unpaired) electrons. The summed E-state index contributed by atoms with van der Waals surface area (Å²) in [6.45, 7) is 2.05. The first kappa shape index (κ1) is 11.6. The van der Waals surface area contributed by atoms with Gasteiger partial charge in [-0.05, 0) is 43.9 Å². The average Bonchev–Trinajstić information content (AvgIpc) is 2.94. The summed E-state index contributed by atoms with van der Waals surface area (Å²) in [6, 6.07) is 10.6. The van der Waals surface area contributed by atoms with Crippen molar-refractivity contribution >= 4 is 5.69 Å². The number of rotatable bonds is 3. The Kier molecular flexibility index (Phi) is 3.54. The minimum atomic E-state index is 0.500. The van der Waals surface area contributed by atoms with Gasteiger partial charge in [0.2, 0.25) is 0 Å². The highest BCUT2D eigenvalue weighted by Crippen LogP contribution is 2.26. The van der Waals surface area contributed by atoms with Crippen LogP contribution in [0.25, 0.3) is 0 Å². The van der Waals surface area contributed by atoms with E-state index in [4.69, 9.17) is 4.74 Å². The fourth-order valence-electron chi connectivity index (χ4n) is 2.85. The fraction of sp³-hybridized carbons (Fsp3) is 0.500. The van der Waals surface area contributed by atoms with E-state index in [0.29, 0.717) is 6.10 Å². The Morgan fingerprint density at radius 3 is 2.50 bits per heavy atom. The van der Waals surface area contributed by atoms with Crippen LogP contribution in [-0.4, -0.2) is 19.2 Å². The zero-order valence-corrected chi connectivity index (χ0v) is 10.8. The Hall–Kier alpha value is -1.44. The Bertz CT molecular complexity index is 406. The Labute approximate surface area is 109 Å². The predicted octanol–water partition coefficient (Wildman–Crippen LogP) is 3.74. The maximum Gasteiger partial charge on any atom is 0.0982 e. The Balaban J connectivity index is 1.57. The third-order valence-electron chi connectivity index (χ3n) is 3.91. The molecule has 2 heteroatoms. The largest absolute Gasteiger partial charge is 0.495 e. The van der Waals surface area contributed by atoms with Gasteiger partial charge in [0.25, 0.3) is 0 Å². The molecule has 1 aromatic rings. The monoisotopic (exact) mass is 243 g/mol. The highest BCUT2D eigenvalue weighted by molar-refractivity contribution is 5.47. The van der Waals surface area contributed by atoms with E-state index in [0.717, 1.165) is 19.5 Å². The lowest BCUT2D eigenvalue weighted by Gasteiger charge is -2.29. The summed E-state index contributed by atoms with van der Waals surface area (Å²) in [5.41, 5.74) is 1.31. The summed E-state index contributed by atoms with van der Waals surface area (Å²) < 4.78 is 6.07. The van der Waals surface area contributed by atoms with Gasteiger partial charge >= 0.3 is 0 Å². The maximum absolute atomic E-state index is 6.07. The quantitative estimate of drug-likeness (QED) is 0.802. The summed E-state index contributed by atoms with van der Waals surface area (Å²) >= 11 is 0. The van der Waals surface area contributed by atoms with E-state index in [-0.39, 0.29) is 0 Å². The summed E-state index contributed by atoms with van der Waals surface area (Å²) in [7, 11) is 0. The van der Waals surface area contributed by atoms with Gasteiger partial charge in [-0.1, -0.05) is 18.2 Å². The van der Waals surface area contributed by atoms with E-state index >= 15 is 0 Å². The average molecular weight is 243 g/mol. The highest BCUT2D eigenvalue weighted by Gasteiger charge is 2.19. The molecule has 2 aliphatic rings. The van der Waals surface area contributed by atoms with Gasteiger partial charge in [0.05, 0.1) is 11.9 Å². The van der Waals surface area contributed by atoms with Crippen molar-refractivity contribution < 1.29 is 4.74 Å². The Morgan fingerprint density at radius 1 is 1.06 bits per heavy atom. The molecule has 1 aromatic carbocycles. The second-order valence-electron chi connectivity index (χ2n) is 5.23. The van der Waals surface area contributed by atoms with E-state index in [2.05, 4.69) is 41.3 Å². The molecule has 0 unspecified atom stereocenters. The van der Waals surface area contributed by atoms with Crippen LogP contribution in [0.2, 0.25) is 0 Å². The molecular formula is C16H21NO. The van der Waals surface area contributed by atoms with Gasteiger partial charge in [0.1, 0.15) is 0 Å². The zero-order chi connectivity index (χ0) is 12.2. The second kappa shape index (κ2) is 5.47. The van der Waals surface area contributed by atoms with Crippen LogP contribution < -0.4 is 4.90 Å². The van der Waals surface area contributed by atoms with Gasteiger partial charge in [-0.15, -0.1) is 0 Å². The Morgan fingerprint density at radius 2 is 1.83 bits per heavy atom. The molecule has 3 rings (SSSR count). The second-order valence-corrected chi connectivity index (χ2v) is 5.23. The molecule has 18 heavy (non-hydrogen) atoms. The lowest BCUT2D eigenvalue weighted by atomic mass is 10.2. The standard InChI is InChI=1S/C16H21NO/c1-2-6-14(7-3-1)17-12-10-16(11-13-17)18-15-8-4-5-9-15/h1-3,6-7,10,15H,4-5,8-9,11-13H2. The number of anilines is 1. The molecule has 0 bridgehead atoms. The van der Waals surface area contributed by atoms with Crippen molar-refractivity contribution in [2.75, 3.05) is 18.0 Å². The van der Waals surface area contributed by atoms with Gasteiger partial charge in [0.15, 0.2) is 0 Å². The molecule has 0 N–H and O–H groups in total.